The van der Waals surface area contributed by atoms with Gasteiger partial charge in [-0.05, 0) is 119 Å². The number of benzene rings is 3. The van der Waals surface area contributed by atoms with Crippen molar-refractivity contribution in [3.63, 3.8) is 0 Å². The Bertz CT molecular complexity index is 2510. The summed E-state index contributed by atoms with van der Waals surface area (Å²) in [5.74, 6) is -2.10. The summed E-state index contributed by atoms with van der Waals surface area (Å²) in [7, 11) is -1.47. The number of imide groups is 1. The first kappa shape index (κ1) is 61.8. The lowest BCUT2D eigenvalue weighted by atomic mass is 9.93. The number of nitrogens with zero attached hydrogens (tertiary/aromatic N) is 3. The first-order chi connectivity index (χ1) is 33.9. The van der Waals surface area contributed by atoms with Crippen molar-refractivity contribution in [1.29, 1.82) is 0 Å². The van der Waals surface area contributed by atoms with E-state index in [0.29, 0.717) is 59.2 Å². The highest BCUT2D eigenvalue weighted by Crippen LogP contribution is 2.38. The smallest absolute Gasteiger partial charge is 0.349 e. The molecule has 6 rings (SSSR count). The molecule has 2 heterocycles. The maximum atomic E-state index is 12.7. The zero-order valence-electron chi connectivity index (χ0n) is 41.2. The van der Waals surface area contributed by atoms with Crippen LogP contribution in [0.15, 0.2) is 76.8 Å². The summed E-state index contributed by atoms with van der Waals surface area (Å²) in [4.78, 5) is 83.4. The number of aliphatic carboxylic acids is 1. The van der Waals surface area contributed by atoms with E-state index in [-0.39, 0.29) is 65.8 Å². The molecule has 4 N–H and O–H groups in total. The monoisotopic (exact) mass is 1120 g/mol. The van der Waals surface area contributed by atoms with Gasteiger partial charge in [0.2, 0.25) is 5.91 Å². The summed E-state index contributed by atoms with van der Waals surface area (Å²) in [6, 6.07) is 17.0. The summed E-state index contributed by atoms with van der Waals surface area (Å²) >= 11 is 29.1. The number of fused-ring (bicyclic) bond motifs is 1. The maximum absolute atomic E-state index is 12.7. The van der Waals surface area contributed by atoms with Crippen LogP contribution in [0.3, 0.4) is 0 Å². The number of rotatable bonds is 15. The third-order valence-corrected chi connectivity index (χ3v) is 13.5. The van der Waals surface area contributed by atoms with Gasteiger partial charge in [-0.25, -0.2) is 9.69 Å². The molecule has 22 heteroatoms. The van der Waals surface area contributed by atoms with Gasteiger partial charge in [-0.2, -0.15) is 0 Å². The molecule has 0 fully saturated rings. The van der Waals surface area contributed by atoms with Gasteiger partial charge in [-0.1, -0.05) is 83.7 Å². The molecule has 1 aliphatic carbocycles. The van der Waals surface area contributed by atoms with E-state index in [4.69, 9.17) is 87.9 Å². The van der Waals surface area contributed by atoms with Gasteiger partial charge in [0, 0.05) is 36.1 Å². The average Bonchev–Trinajstić information content (AvgIpc) is 3.60. The van der Waals surface area contributed by atoms with Gasteiger partial charge >= 0.3 is 11.9 Å². The minimum absolute atomic E-state index is 0.0223. The van der Waals surface area contributed by atoms with Gasteiger partial charge in [0.25, 0.3) is 17.7 Å². The summed E-state index contributed by atoms with van der Waals surface area (Å²) in [5.41, 5.74) is 11.1. The fraction of sp³-hybridized carbons (Fsp3) is 0.440. The lowest BCUT2D eigenvalue weighted by Crippen LogP contribution is -2.47. The number of carboxylic acid groups (broad SMARTS) is 1. The van der Waals surface area contributed by atoms with Crippen LogP contribution in [-0.2, 0) is 49.2 Å². The molecule has 0 saturated heterocycles. The standard InChI is InChI=1S/C19H17Cl2NO4.C15H22ClNO2.C11H11Cl2NO2.C5H12NO4P/c1-2-26-19(25)16(21)10-11-9-12(7-8-15(11)20)22-17(23)13-5-3-4-6-14(13)18(22)24;1-5-13-8-6-7-11(2)15(13)17(14(18)9-16)12(3)10-19-4;1-7-6-16-9-5-3-2-4-8(9)14(7)11(15)10(12)13;1-11(9,10)3-2-4(6)5(7)8/h7-10H,2-6H2,1H3;6-8,12H,5,9-10H2,1-4H3;2-5,7,10H,6H2,1H3;4H,2-3,6H2,1H3,(H,7,8)(H,9,10)/b16-10-;;;. The minimum Gasteiger partial charge on any atom is -0.489 e. The molecule has 3 aromatic carbocycles. The fourth-order valence-corrected chi connectivity index (χ4v) is 9.16. The molecule has 0 bridgehead atoms. The zero-order chi connectivity index (χ0) is 54.0. The van der Waals surface area contributed by atoms with Crippen molar-refractivity contribution < 1.29 is 57.5 Å². The number of amides is 4. The van der Waals surface area contributed by atoms with Crippen LogP contribution in [-0.4, -0.2) is 114 Å². The van der Waals surface area contributed by atoms with E-state index in [0.717, 1.165) is 41.8 Å². The first-order valence-electron chi connectivity index (χ1n) is 22.9. The molecule has 394 valence electrons. The number of carbonyl (C=O) groups excluding carboxylic acids is 5. The number of methoxy groups -OCH3 is 1. The highest BCUT2D eigenvalue weighted by molar-refractivity contribution is 7.57. The molecule has 0 aromatic heterocycles. The van der Waals surface area contributed by atoms with Crippen molar-refractivity contribution in [2.75, 3.05) is 60.3 Å². The predicted octanol–water partition coefficient (Wildman–Crippen LogP) is 9.68. The van der Waals surface area contributed by atoms with Crippen LogP contribution in [0.2, 0.25) is 5.02 Å². The van der Waals surface area contributed by atoms with Crippen molar-refractivity contribution in [2.45, 2.75) is 96.1 Å². The van der Waals surface area contributed by atoms with Crippen LogP contribution < -0.4 is 25.2 Å². The van der Waals surface area contributed by atoms with Gasteiger partial charge < -0.3 is 39.7 Å². The van der Waals surface area contributed by atoms with Crippen LogP contribution in [0.4, 0.5) is 17.1 Å². The molecule has 4 amide bonds. The molecule has 16 nitrogen and oxygen atoms in total. The Morgan fingerprint density at radius 3 is 2.18 bits per heavy atom. The third-order valence-electron chi connectivity index (χ3n) is 11.2. The van der Waals surface area contributed by atoms with E-state index >= 15 is 0 Å². The number of para-hydroxylation sites is 3. The number of hydrogen-bond acceptors (Lipinski definition) is 11. The molecular formula is C50H62Cl5N4O12P. The maximum Gasteiger partial charge on any atom is 0.349 e. The highest BCUT2D eigenvalue weighted by Gasteiger charge is 2.40. The molecule has 4 unspecified atom stereocenters. The topological polar surface area (TPSA) is 223 Å². The van der Waals surface area contributed by atoms with Gasteiger partial charge in [0.05, 0.1) is 42.4 Å². The third kappa shape index (κ3) is 17.3. The molecule has 72 heavy (non-hydrogen) atoms. The van der Waals surface area contributed by atoms with Crippen LogP contribution in [0.5, 0.6) is 5.75 Å². The number of esters is 1. The van der Waals surface area contributed by atoms with Crippen LogP contribution >= 0.6 is 65.4 Å². The Balaban J connectivity index is 0.000000265. The second kappa shape index (κ2) is 29.4. The van der Waals surface area contributed by atoms with Crippen LogP contribution in [0, 0.1) is 6.92 Å². The zero-order valence-corrected chi connectivity index (χ0v) is 45.8. The number of halogens is 5. The SMILES string of the molecule is CC1COc2ccccc2N1C(=O)C(Cl)Cl.CCOC(=O)/C(Cl)=C/c1cc(N2C(=O)C3=C(CCCC3)C2=O)ccc1Cl.CCc1cccc(C)c1N(C(=O)CCl)C(C)COC.CP(=O)(O)CCC(N)C(=O)O. The Hall–Kier alpha value is -4.48. The summed E-state index contributed by atoms with van der Waals surface area (Å²) in [5, 5.41) is 8.49. The van der Waals surface area contributed by atoms with Crippen molar-refractivity contribution in [1.82, 2.24) is 0 Å². The number of hydrogen-bond donors (Lipinski definition) is 3. The average molecular weight is 1120 g/mol. The van der Waals surface area contributed by atoms with E-state index in [9.17, 15) is 33.3 Å². The van der Waals surface area contributed by atoms with E-state index in [2.05, 4.69) is 13.0 Å². The molecule has 0 radical (unpaired) electrons. The predicted molar refractivity (Wildman–Crippen MR) is 285 cm³/mol. The number of carboxylic acids is 1. The lowest BCUT2D eigenvalue weighted by Gasteiger charge is -2.35. The highest BCUT2D eigenvalue weighted by atomic mass is 35.5. The Morgan fingerprint density at radius 2 is 1.64 bits per heavy atom. The number of nitrogens with two attached hydrogens (primary N) is 1. The molecule has 0 saturated carbocycles. The van der Waals surface area contributed by atoms with Crippen molar-refractivity contribution in [3.8, 4) is 5.75 Å². The van der Waals surface area contributed by atoms with E-state index in [1.807, 2.05) is 57.2 Å². The van der Waals surface area contributed by atoms with Crippen molar-refractivity contribution in [3.05, 3.63) is 98.6 Å². The van der Waals surface area contributed by atoms with Crippen molar-refractivity contribution in [2.24, 2.45) is 5.73 Å². The quantitative estimate of drug-likeness (QED) is 0.0424. The van der Waals surface area contributed by atoms with Gasteiger partial charge in [0.15, 0.2) is 12.2 Å². The molecule has 2 aliphatic heterocycles. The summed E-state index contributed by atoms with van der Waals surface area (Å²) in [6.45, 7) is 12.0. The van der Waals surface area contributed by atoms with Crippen LogP contribution in [0.25, 0.3) is 6.08 Å². The number of carbonyl (C=O) groups is 6. The number of ether oxygens (including phenoxy) is 3. The Morgan fingerprint density at radius 1 is 1.01 bits per heavy atom. The summed E-state index contributed by atoms with van der Waals surface area (Å²) in [6.07, 6.45) is 5.33. The first-order valence-corrected chi connectivity index (χ1v) is 27.4. The fourth-order valence-electron chi connectivity index (χ4n) is 7.71. The van der Waals surface area contributed by atoms with Gasteiger partial charge in [0.1, 0.15) is 29.3 Å². The Labute approximate surface area is 445 Å². The van der Waals surface area contributed by atoms with E-state index < -0.39 is 30.2 Å². The molecular weight excluding hydrogens is 1060 g/mol. The second-order valence-corrected chi connectivity index (χ2v) is 21.5. The van der Waals surface area contributed by atoms with Crippen LogP contribution in [0.1, 0.15) is 76.5 Å². The number of aryl methyl sites for hydroxylation is 2. The molecule has 4 atom stereocenters. The lowest BCUT2D eigenvalue weighted by molar-refractivity contribution is -0.139. The van der Waals surface area contributed by atoms with Gasteiger partial charge in [-0.15, -0.1) is 11.6 Å². The normalized spacial score (nSPS) is 16.8. The van der Waals surface area contributed by atoms with E-state index in [1.54, 1.807) is 42.0 Å². The summed E-state index contributed by atoms with van der Waals surface area (Å²) < 4.78 is 26.2. The second-order valence-electron chi connectivity index (χ2n) is 16.8. The number of anilines is 3. The van der Waals surface area contributed by atoms with Gasteiger partial charge in [-0.3, -0.25) is 28.5 Å². The molecule has 3 aliphatic rings. The molecule has 0 spiro atoms. The molecule has 3 aromatic rings. The van der Waals surface area contributed by atoms with E-state index in [1.165, 1.54) is 17.6 Å². The minimum atomic E-state index is -3.10. The number of alkyl halides is 3. The Kier molecular flexibility index (Phi) is 25.3. The van der Waals surface area contributed by atoms with Crippen molar-refractivity contribution >= 4 is 124 Å². The largest absolute Gasteiger partial charge is 0.489 e.